The Hall–Kier alpha value is -0.760. The lowest BCUT2D eigenvalue weighted by molar-refractivity contribution is 0.172. The Morgan fingerprint density at radius 3 is 2.90 bits per heavy atom. The molecule has 0 saturated carbocycles. The highest BCUT2D eigenvalue weighted by molar-refractivity contribution is 5.08. The monoisotopic (exact) mass is 136 g/mol. The molecule has 1 aliphatic heterocycles. The van der Waals surface area contributed by atoms with Crippen molar-refractivity contribution in [3.8, 4) is 0 Å². The van der Waals surface area contributed by atoms with Crippen LogP contribution in [-0.2, 0) is 6.54 Å². The number of nitrogens with one attached hydrogen (secondary N) is 1. The summed E-state index contributed by atoms with van der Waals surface area (Å²) in [5.74, 6) is 0. The smallest absolute Gasteiger partial charge is 0.0248 e. The maximum absolute atomic E-state index is 3.06. The van der Waals surface area contributed by atoms with Gasteiger partial charge in [-0.15, -0.1) is 0 Å². The molecule has 2 nitrogen and oxygen atoms in total. The Bertz CT molecular complexity index is 187. The molecule has 1 saturated heterocycles. The summed E-state index contributed by atoms with van der Waals surface area (Å²) in [6.07, 6.45) is 5.43. The number of hydrogen-bond donors (Lipinski definition) is 1. The van der Waals surface area contributed by atoms with Gasteiger partial charge in [0.1, 0.15) is 0 Å². The zero-order valence-corrected chi connectivity index (χ0v) is 6.01. The van der Waals surface area contributed by atoms with Crippen LogP contribution in [0, 0.1) is 0 Å². The minimum Gasteiger partial charge on any atom is -0.367 e. The van der Waals surface area contributed by atoms with E-state index >= 15 is 0 Å². The van der Waals surface area contributed by atoms with Crippen LogP contribution in [0.4, 0.5) is 0 Å². The van der Waals surface area contributed by atoms with Crippen LogP contribution in [0.2, 0.25) is 0 Å². The predicted molar refractivity (Wildman–Crippen MR) is 40.7 cm³/mol. The first-order chi connectivity index (χ1) is 4.95. The van der Waals surface area contributed by atoms with Gasteiger partial charge >= 0.3 is 0 Å². The second-order valence-corrected chi connectivity index (χ2v) is 2.85. The molecule has 1 N–H and O–H groups in total. The van der Waals surface area contributed by atoms with E-state index in [1.165, 1.54) is 25.1 Å². The van der Waals surface area contributed by atoms with Gasteiger partial charge < -0.3 is 4.98 Å². The maximum Gasteiger partial charge on any atom is 0.0248 e. The van der Waals surface area contributed by atoms with Gasteiger partial charge in [0.2, 0.25) is 0 Å². The number of likely N-dealkylation sites (tertiary alicyclic amines) is 1. The summed E-state index contributed by atoms with van der Waals surface area (Å²) in [6, 6.07) is 2.14. The van der Waals surface area contributed by atoms with Crippen LogP contribution in [-0.4, -0.2) is 23.0 Å². The zero-order chi connectivity index (χ0) is 6.81. The average molecular weight is 136 g/mol. The number of aromatic amines is 1. The molecule has 1 aromatic rings. The van der Waals surface area contributed by atoms with E-state index in [9.17, 15) is 0 Å². The van der Waals surface area contributed by atoms with Gasteiger partial charge in [0, 0.05) is 18.9 Å². The topological polar surface area (TPSA) is 19.0 Å². The van der Waals surface area contributed by atoms with Crippen LogP contribution in [0.3, 0.4) is 0 Å². The first kappa shape index (κ1) is 5.98. The Labute approximate surface area is 60.9 Å². The maximum atomic E-state index is 3.06. The highest BCUT2D eigenvalue weighted by Gasteiger charge is 2.13. The summed E-state index contributed by atoms with van der Waals surface area (Å²) in [4.78, 5) is 5.50. The number of hydrogen-bond acceptors (Lipinski definition) is 1. The molecular formula is C8H12N2. The molecule has 0 atom stereocenters. The molecule has 2 heterocycles. The van der Waals surface area contributed by atoms with Gasteiger partial charge in [-0.1, -0.05) is 0 Å². The van der Waals surface area contributed by atoms with E-state index in [4.69, 9.17) is 0 Å². The van der Waals surface area contributed by atoms with Crippen LogP contribution in [0.1, 0.15) is 12.0 Å². The number of H-pyrrole nitrogens is 1. The second-order valence-electron chi connectivity index (χ2n) is 2.85. The molecule has 1 aromatic heterocycles. The molecule has 0 unspecified atom stereocenters. The fourth-order valence-corrected chi connectivity index (χ4v) is 1.25. The molecule has 0 aromatic carbocycles. The third kappa shape index (κ3) is 1.07. The molecule has 10 heavy (non-hydrogen) atoms. The van der Waals surface area contributed by atoms with E-state index in [0.717, 1.165) is 6.54 Å². The first-order valence-electron chi connectivity index (χ1n) is 3.79. The first-order valence-corrected chi connectivity index (χ1v) is 3.79. The third-order valence-corrected chi connectivity index (χ3v) is 2.02. The number of nitrogens with zero attached hydrogens (tertiary/aromatic N) is 1. The summed E-state index contributed by atoms with van der Waals surface area (Å²) in [6.45, 7) is 3.69. The molecule has 0 aliphatic carbocycles. The Kier molecular flexibility index (Phi) is 1.47. The summed E-state index contributed by atoms with van der Waals surface area (Å²) in [7, 11) is 0. The molecule has 0 spiro atoms. The van der Waals surface area contributed by atoms with Crippen LogP contribution in [0.25, 0.3) is 0 Å². The van der Waals surface area contributed by atoms with E-state index in [2.05, 4.69) is 22.1 Å². The van der Waals surface area contributed by atoms with Gasteiger partial charge in [0.25, 0.3) is 0 Å². The van der Waals surface area contributed by atoms with Crippen LogP contribution in [0.5, 0.6) is 0 Å². The number of rotatable bonds is 2. The van der Waals surface area contributed by atoms with Gasteiger partial charge in [0.15, 0.2) is 0 Å². The minimum absolute atomic E-state index is 1.13. The molecule has 2 rings (SSSR count). The van der Waals surface area contributed by atoms with Crippen molar-refractivity contribution in [2.75, 3.05) is 13.1 Å². The van der Waals surface area contributed by atoms with Gasteiger partial charge in [-0.05, 0) is 31.1 Å². The largest absolute Gasteiger partial charge is 0.367 e. The standard InChI is InChI=1S/C8H12N2/c1-4-10(5-1)7-8-2-3-9-6-8/h2-3,6,9H,1,4-5,7H2. The van der Waals surface area contributed by atoms with Crippen molar-refractivity contribution in [1.82, 2.24) is 9.88 Å². The van der Waals surface area contributed by atoms with Crippen molar-refractivity contribution in [2.24, 2.45) is 0 Å². The summed E-state index contributed by atoms with van der Waals surface area (Å²) in [5.41, 5.74) is 1.40. The summed E-state index contributed by atoms with van der Waals surface area (Å²) in [5, 5.41) is 0. The van der Waals surface area contributed by atoms with E-state index in [1.807, 2.05) is 6.20 Å². The fourth-order valence-electron chi connectivity index (χ4n) is 1.25. The Morgan fingerprint density at radius 1 is 1.50 bits per heavy atom. The zero-order valence-electron chi connectivity index (χ0n) is 6.01. The van der Waals surface area contributed by atoms with Gasteiger partial charge in [-0.3, -0.25) is 4.90 Å². The molecule has 0 bridgehead atoms. The van der Waals surface area contributed by atoms with E-state index in [0.29, 0.717) is 0 Å². The molecule has 1 fully saturated rings. The SMILES string of the molecule is c1cc(CN2CCC2)c[nH]1. The predicted octanol–water partition coefficient (Wildman–Crippen LogP) is 1.22. The average Bonchev–Trinajstić information content (AvgIpc) is 2.29. The quantitative estimate of drug-likeness (QED) is 0.647. The minimum atomic E-state index is 1.13. The highest BCUT2D eigenvalue weighted by atomic mass is 15.2. The fraction of sp³-hybridized carbons (Fsp3) is 0.500. The van der Waals surface area contributed by atoms with Gasteiger partial charge in [0.05, 0.1) is 0 Å². The summed E-state index contributed by atoms with van der Waals surface area (Å²) >= 11 is 0. The van der Waals surface area contributed by atoms with Crippen LogP contribution < -0.4 is 0 Å². The molecule has 1 aliphatic rings. The van der Waals surface area contributed by atoms with Gasteiger partial charge in [-0.2, -0.15) is 0 Å². The van der Waals surface area contributed by atoms with E-state index in [-0.39, 0.29) is 0 Å². The van der Waals surface area contributed by atoms with Crippen molar-refractivity contribution < 1.29 is 0 Å². The van der Waals surface area contributed by atoms with Crippen molar-refractivity contribution in [3.63, 3.8) is 0 Å². The van der Waals surface area contributed by atoms with Crippen molar-refractivity contribution in [2.45, 2.75) is 13.0 Å². The summed E-state index contributed by atoms with van der Waals surface area (Å²) < 4.78 is 0. The second kappa shape index (κ2) is 2.46. The molecular weight excluding hydrogens is 124 g/mol. The molecule has 0 radical (unpaired) electrons. The van der Waals surface area contributed by atoms with E-state index in [1.54, 1.807) is 0 Å². The van der Waals surface area contributed by atoms with Crippen molar-refractivity contribution >= 4 is 0 Å². The van der Waals surface area contributed by atoms with E-state index < -0.39 is 0 Å². The third-order valence-electron chi connectivity index (χ3n) is 2.02. The van der Waals surface area contributed by atoms with Crippen molar-refractivity contribution in [1.29, 1.82) is 0 Å². The van der Waals surface area contributed by atoms with Gasteiger partial charge in [-0.25, -0.2) is 0 Å². The van der Waals surface area contributed by atoms with Crippen LogP contribution in [0.15, 0.2) is 18.5 Å². The lowest BCUT2D eigenvalue weighted by Crippen LogP contribution is -2.36. The lowest BCUT2D eigenvalue weighted by atomic mass is 10.2. The molecule has 2 heteroatoms. The lowest BCUT2D eigenvalue weighted by Gasteiger charge is -2.30. The normalized spacial score (nSPS) is 18.8. The molecule has 0 amide bonds. The van der Waals surface area contributed by atoms with Crippen molar-refractivity contribution in [3.05, 3.63) is 24.0 Å². The number of aromatic nitrogens is 1. The Morgan fingerprint density at radius 2 is 2.40 bits per heavy atom. The van der Waals surface area contributed by atoms with Crippen LogP contribution >= 0.6 is 0 Å². The Balaban J connectivity index is 1.90. The molecule has 54 valence electrons. The highest BCUT2D eigenvalue weighted by Crippen LogP contribution is 2.10.